The molecule has 6 heteroatoms. The number of nitrogens with zero attached hydrogens (tertiary/aromatic N) is 1. The second kappa shape index (κ2) is 6.91. The van der Waals surface area contributed by atoms with E-state index in [4.69, 9.17) is 4.74 Å². The molecule has 1 aromatic carbocycles. The number of hydrogen-bond acceptors (Lipinski definition) is 4. The van der Waals surface area contributed by atoms with E-state index in [0.717, 1.165) is 18.5 Å². The normalized spacial score (nSPS) is 30.5. The quantitative estimate of drug-likeness (QED) is 0.909. The van der Waals surface area contributed by atoms with E-state index in [1.54, 1.807) is 10.4 Å². The summed E-state index contributed by atoms with van der Waals surface area (Å²) in [6.07, 6.45) is 2.58. The van der Waals surface area contributed by atoms with Crippen LogP contribution in [0.2, 0.25) is 0 Å². The summed E-state index contributed by atoms with van der Waals surface area (Å²) in [5.74, 6) is 0.340. The van der Waals surface area contributed by atoms with Crippen LogP contribution in [0.15, 0.2) is 41.8 Å². The molecule has 1 saturated heterocycles. The number of rotatable bonds is 4. The highest BCUT2D eigenvalue weighted by Crippen LogP contribution is 2.22. The molecule has 1 N–H and O–H groups in total. The van der Waals surface area contributed by atoms with Gasteiger partial charge in [-0.3, -0.25) is 0 Å². The van der Waals surface area contributed by atoms with Crippen molar-refractivity contribution in [3.05, 3.63) is 47.4 Å². The van der Waals surface area contributed by atoms with Crippen molar-refractivity contribution in [1.82, 2.24) is 9.62 Å². The Morgan fingerprint density at radius 1 is 1.23 bits per heavy atom. The number of ether oxygens (including phenoxy) is 1. The number of nitrogens with one attached hydrogen (secondary N) is 1. The van der Waals surface area contributed by atoms with Crippen molar-refractivity contribution in [1.29, 1.82) is 0 Å². The van der Waals surface area contributed by atoms with Crippen molar-refractivity contribution < 1.29 is 13.2 Å². The highest BCUT2D eigenvalue weighted by molar-refractivity contribution is 7.92. The summed E-state index contributed by atoms with van der Waals surface area (Å²) in [6.45, 7) is 2.97. The summed E-state index contributed by atoms with van der Waals surface area (Å²) in [5, 5.41) is 4.71. The molecule has 2 aliphatic heterocycles. The minimum atomic E-state index is -3.33. The van der Waals surface area contributed by atoms with Crippen LogP contribution in [0.1, 0.15) is 12.0 Å². The second-order valence-electron chi connectivity index (χ2n) is 5.90. The minimum absolute atomic E-state index is 0.151. The SMILES string of the molecule is O=S1(=O)C=CCC2CNCC(COCc3ccccc3)N1C2. The predicted molar refractivity (Wildman–Crippen MR) is 85.6 cm³/mol. The summed E-state index contributed by atoms with van der Waals surface area (Å²) in [7, 11) is -3.33. The third-order valence-corrected chi connectivity index (χ3v) is 5.78. The van der Waals surface area contributed by atoms with Crippen LogP contribution in [0.3, 0.4) is 0 Å². The van der Waals surface area contributed by atoms with E-state index >= 15 is 0 Å². The Labute approximate surface area is 132 Å². The van der Waals surface area contributed by atoms with Crippen molar-refractivity contribution >= 4 is 10.0 Å². The fourth-order valence-electron chi connectivity index (χ4n) is 2.97. The van der Waals surface area contributed by atoms with Gasteiger partial charge in [0.05, 0.1) is 19.3 Å². The summed E-state index contributed by atoms with van der Waals surface area (Å²) in [6, 6.07) is 9.77. The van der Waals surface area contributed by atoms with Gasteiger partial charge in [0.2, 0.25) is 10.0 Å². The number of benzene rings is 1. The fourth-order valence-corrected chi connectivity index (χ4v) is 4.45. The van der Waals surface area contributed by atoms with Gasteiger partial charge >= 0.3 is 0 Å². The highest BCUT2D eigenvalue weighted by Gasteiger charge is 2.34. The van der Waals surface area contributed by atoms with Gasteiger partial charge in [0, 0.05) is 18.5 Å². The molecule has 0 aliphatic carbocycles. The number of fused-ring (bicyclic) bond motifs is 2. The van der Waals surface area contributed by atoms with Crippen LogP contribution in [0.5, 0.6) is 0 Å². The van der Waals surface area contributed by atoms with E-state index in [0.29, 0.717) is 32.2 Å². The Balaban J connectivity index is 1.65. The first-order valence-electron chi connectivity index (χ1n) is 7.66. The molecular weight excluding hydrogens is 300 g/mol. The summed E-state index contributed by atoms with van der Waals surface area (Å²) >= 11 is 0. The molecule has 1 aromatic rings. The van der Waals surface area contributed by atoms with Gasteiger partial charge in [-0.25, -0.2) is 8.42 Å². The lowest BCUT2D eigenvalue weighted by molar-refractivity contribution is 0.0792. The molecule has 3 unspecified atom stereocenters. The van der Waals surface area contributed by atoms with Gasteiger partial charge in [-0.15, -0.1) is 0 Å². The molecular formula is C16H22N2O3S. The Morgan fingerprint density at radius 2 is 2.05 bits per heavy atom. The van der Waals surface area contributed by atoms with E-state index in [9.17, 15) is 8.42 Å². The lowest BCUT2D eigenvalue weighted by Gasteiger charge is -2.27. The third-order valence-electron chi connectivity index (χ3n) is 4.14. The molecule has 22 heavy (non-hydrogen) atoms. The zero-order valence-electron chi connectivity index (χ0n) is 12.5. The highest BCUT2D eigenvalue weighted by atomic mass is 32.2. The molecule has 0 spiro atoms. The van der Waals surface area contributed by atoms with Crippen molar-refractivity contribution in [2.75, 3.05) is 26.2 Å². The fraction of sp³-hybridized carbons (Fsp3) is 0.500. The zero-order valence-corrected chi connectivity index (χ0v) is 13.3. The van der Waals surface area contributed by atoms with Crippen LogP contribution in [0.25, 0.3) is 0 Å². The minimum Gasteiger partial charge on any atom is -0.375 e. The Morgan fingerprint density at radius 3 is 2.86 bits per heavy atom. The molecule has 2 aliphatic rings. The average Bonchev–Trinajstić information content (AvgIpc) is 2.79. The second-order valence-corrected chi connectivity index (χ2v) is 7.67. The number of allylic oxidation sites excluding steroid dienone is 1. The Bertz CT molecular complexity index is 616. The van der Waals surface area contributed by atoms with Crippen LogP contribution in [-0.4, -0.2) is 45.0 Å². The summed E-state index contributed by atoms with van der Waals surface area (Å²) in [5.41, 5.74) is 1.10. The van der Waals surface area contributed by atoms with Crippen LogP contribution in [0.4, 0.5) is 0 Å². The molecule has 3 atom stereocenters. The monoisotopic (exact) mass is 322 g/mol. The number of hydrogen-bond donors (Lipinski definition) is 1. The van der Waals surface area contributed by atoms with Gasteiger partial charge < -0.3 is 10.1 Å². The molecule has 120 valence electrons. The van der Waals surface area contributed by atoms with E-state index in [1.165, 1.54) is 5.41 Å². The summed E-state index contributed by atoms with van der Waals surface area (Å²) in [4.78, 5) is 0. The molecule has 1 fully saturated rings. The first-order valence-corrected chi connectivity index (χ1v) is 9.16. The van der Waals surface area contributed by atoms with Gasteiger partial charge in [0.1, 0.15) is 0 Å². The molecule has 5 nitrogen and oxygen atoms in total. The van der Waals surface area contributed by atoms with Gasteiger partial charge in [0.15, 0.2) is 0 Å². The smallest absolute Gasteiger partial charge is 0.236 e. The summed E-state index contributed by atoms with van der Waals surface area (Å²) < 4.78 is 32.1. The molecule has 0 radical (unpaired) electrons. The maximum Gasteiger partial charge on any atom is 0.236 e. The topological polar surface area (TPSA) is 58.6 Å². The maximum absolute atomic E-state index is 12.4. The number of sulfonamides is 1. The first kappa shape index (κ1) is 15.7. The molecule has 2 bridgehead atoms. The third kappa shape index (κ3) is 3.76. The van der Waals surface area contributed by atoms with Crippen LogP contribution < -0.4 is 5.32 Å². The first-order chi connectivity index (χ1) is 10.6. The van der Waals surface area contributed by atoms with Crippen LogP contribution >= 0.6 is 0 Å². The van der Waals surface area contributed by atoms with E-state index in [-0.39, 0.29) is 6.04 Å². The predicted octanol–water partition coefficient (Wildman–Crippen LogP) is 1.34. The van der Waals surface area contributed by atoms with E-state index in [2.05, 4.69) is 5.32 Å². The van der Waals surface area contributed by atoms with Gasteiger partial charge in [-0.1, -0.05) is 36.4 Å². The lowest BCUT2D eigenvalue weighted by atomic mass is 10.1. The Kier molecular flexibility index (Phi) is 4.93. The van der Waals surface area contributed by atoms with Gasteiger partial charge in [-0.2, -0.15) is 4.31 Å². The Hall–Kier alpha value is -1.21. The van der Waals surface area contributed by atoms with Crippen LogP contribution in [0, 0.1) is 5.92 Å². The van der Waals surface area contributed by atoms with Gasteiger partial charge in [0.25, 0.3) is 0 Å². The standard InChI is InChI=1S/C16H22N2O3S/c19-22(20)8-4-7-15-9-17-10-16(18(22)11-15)13-21-12-14-5-2-1-3-6-14/h1-6,8,15-17H,7,9-13H2. The maximum atomic E-state index is 12.4. The van der Waals surface area contributed by atoms with Crippen molar-refractivity contribution in [3.63, 3.8) is 0 Å². The van der Waals surface area contributed by atoms with E-state index < -0.39 is 10.0 Å². The molecule has 3 rings (SSSR count). The molecule has 0 saturated carbocycles. The molecule has 0 amide bonds. The largest absolute Gasteiger partial charge is 0.375 e. The van der Waals surface area contributed by atoms with Crippen molar-refractivity contribution in [2.24, 2.45) is 5.92 Å². The van der Waals surface area contributed by atoms with Gasteiger partial charge in [-0.05, 0) is 24.4 Å². The zero-order chi connectivity index (χ0) is 15.4. The molecule has 2 heterocycles. The molecule has 0 aromatic heterocycles. The van der Waals surface area contributed by atoms with Crippen LogP contribution in [-0.2, 0) is 21.4 Å². The van der Waals surface area contributed by atoms with Crippen molar-refractivity contribution in [3.8, 4) is 0 Å². The van der Waals surface area contributed by atoms with E-state index in [1.807, 2.05) is 30.3 Å². The lowest BCUT2D eigenvalue weighted by Crippen LogP contribution is -2.45. The average molecular weight is 322 g/mol. The van der Waals surface area contributed by atoms with Crippen molar-refractivity contribution in [2.45, 2.75) is 19.1 Å².